The number of hydrogen-bond donors (Lipinski definition) is 1. The monoisotopic (exact) mass is 371 g/mol. The van der Waals surface area contributed by atoms with E-state index in [9.17, 15) is 9.90 Å². The molecule has 4 aliphatic carbocycles. The fraction of sp³-hybridized carbons (Fsp3) is 0.917. The van der Waals surface area contributed by atoms with Gasteiger partial charge in [-0.05, 0) is 92.3 Å². The topological polar surface area (TPSA) is 61.1 Å². The first-order valence-electron chi connectivity index (χ1n) is 11.5. The molecule has 0 unspecified atom stereocenters. The van der Waals surface area contributed by atoms with Gasteiger partial charge in [0.1, 0.15) is 5.78 Å². The normalized spacial score (nSPS) is 51.8. The first kappa shape index (κ1) is 19.4. The van der Waals surface area contributed by atoms with E-state index in [1.807, 2.05) is 0 Å². The maximum atomic E-state index is 13.8. The van der Waals surface area contributed by atoms with E-state index in [0.29, 0.717) is 35.9 Å². The first-order valence-corrected chi connectivity index (χ1v) is 11.5. The molecule has 0 amide bonds. The maximum Gasteiger partial charge on any atom is 0.139 e. The molecule has 150 valence electrons. The molecule has 0 bridgehead atoms. The Morgan fingerprint density at radius 3 is 2.48 bits per heavy atom. The summed E-state index contributed by atoms with van der Waals surface area (Å²) in [6.45, 7) is 7.08. The van der Waals surface area contributed by atoms with Crippen LogP contribution in [0.1, 0.15) is 85.0 Å². The molecular formula is C24H37NO2. The highest BCUT2D eigenvalue weighted by atomic mass is 16.3. The lowest BCUT2D eigenvalue weighted by Crippen LogP contribution is -2.60. The summed E-state index contributed by atoms with van der Waals surface area (Å²) in [4.78, 5) is 13.8. The van der Waals surface area contributed by atoms with Crippen LogP contribution in [-0.2, 0) is 4.79 Å². The predicted octanol–water partition coefficient (Wildman–Crippen LogP) is 5.13. The number of carbonyl (C=O) groups excluding carboxylic acids is 1. The second-order valence-electron chi connectivity index (χ2n) is 10.7. The van der Waals surface area contributed by atoms with E-state index in [2.05, 4.69) is 26.8 Å². The van der Waals surface area contributed by atoms with Crippen molar-refractivity contribution in [1.82, 2.24) is 0 Å². The number of ketones is 1. The predicted molar refractivity (Wildman–Crippen MR) is 106 cm³/mol. The highest BCUT2D eigenvalue weighted by Crippen LogP contribution is 2.68. The van der Waals surface area contributed by atoms with Gasteiger partial charge in [0.15, 0.2) is 0 Å². The van der Waals surface area contributed by atoms with Crippen LogP contribution in [0.2, 0.25) is 0 Å². The van der Waals surface area contributed by atoms with Gasteiger partial charge in [-0.2, -0.15) is 5.26 Å². The van der Waals surface area contributed by atoms with Crippen LogP contribution >= 0.6 is 0 Å². The van der Waals surface area contributed by atoms with Crippen molar-refractivity contribution < 1.29 is 9.90 Å². The maximum absolute atomic E-state index is 13.8. The largest absolute Gasteiger partial charge is 0.393 e. The van der Waals surface area contributed by atoms with Crippen LogP contribution < -0.4 is 0 Å². The Labute approximate surface area is 164 Å². The molecule has 4 aliphatic rings. The number of aliphatic hydroxyl groups is 1. The molecule has 4 rings (SSSR count). The van der Waals surface area contributed by atoms with E-state index >= 15 is 0 Å². The van der Waals surface area contributed by atoms with E-state index in [-0.39, 0.29) is 28.8 Å². The van der Waals surface area contributed by atoms with Gasteiger partial charge in [-0.1, -0.05) is 20.8 Å². The minimum atomic E-state index is -0.211. The second kappa shape index (κ2) is 6.87. The standard InChI is InChI=1S/C24H37NO2/c1-4-17-20-14-16(26)9-11-24(20,3)19-10-12-23(2)15(6-5-13-25)7-8-18(23)21(19)22(17)27/h15-21,26H,4-12,14H2,1-3H3/t15-,16+,17+,18-,19-,20-,21-,23+,24+/m0/s1. The molecule has 4 saturated carbocycles. The van der Waals surface area contributed by atoms with Crippen molar-refractivity contribution in [2.45, 2.75) is 91.1 Å². The summed E-state index contributed by atoms with van der Waals surface area (Å²) >= 11 is 0. The van der Waals surface area contributed by atoms with Crippen LogP contribution in [0.5, 0.6) is 0 Å². The lowest BCUT2D eigenvalue weighted by molar-refractivity contribution is -0.172. The van der Waals surface area contributed by atoms with E-state index < -0.39 is 0 Å². The van der Waals surface area contributed by atoms with Crippen molar-refractivity contribution in [1.29, 1.82) is 5.26 Å². The average Bonchev–Trinajstić information content (AvgIpc) is 2.98. The SMILES string of the molecule is CC[C@H]1C(=O)[C@@H]2[C@H](CC[C@]3(C)[C@@H](CCC#N)CC[C@@H]23)[C@@]2(C)CC[C@@H](O)C[C@@H]12. The molecule has 4 fully saturated rings. The second-order valence-corrected chi connectivity index (χ2v) is 10.7. The number of nitrogens with zero attached hydrogens (tertiary/aromatic N) is 1. The van der Waals surface area contributed by atoms with Gasteiger partial charge in [-0.3, -0.25) is 4.79 Å². The number of fused-ring (bicyclic) bond motifs is 5. The summed E-state index contributed by atoms with van der Waals surface area (Å²) < 4.78 is 0. The van der Waals surface area contributed by atoms with Crippen LogP contribution in [-0.4, -0.2) is 17.0 Å². The highest BCUT2D eigenvalue weighted by Gasteiger charge is 2.64. The lowest BCUT2D eigenvalue weighted by Gasteiger charge is -2.62. The van der Waals surface area contributed by atoms with Crippen LogP contribution in [0.15, 0.2) is 0 Å². The molecule has 9 atom stereocenters. The lowest BCUT2D eigenvalue weighted by atomic mass is 9.42. The number of rotatable bonds is 3. The van der Waals surface area contributed by atoms with Crippen LogP contribution in [0.25, 0.3) is 0 Å². The third-order valence-corrected chi connectivity index (χ3v) is 9.93. The van der Waals surface area contributed by atoms with E-state index in [1.54, 1.807) is 0 Å². The molecule has 0 aromatic carbocycles. The molecule has 0 heterocycles. The van der Waals surface area contributed by atoms with Gasteiger partial charge in [-0.15, -0.1) is 0 Å². The van der Waals surface area contributed by atoms with Gasteiger partial charge in [-0.25, -0.2) is 0 Å². The van der Waals surface area contributed by atoms with Crippen molar-refractivity contribution in [2.24, 2.45) is 46.3 Å². The van der Waals surface area contributed by atoms with Crippen molar-refractivity contribution in [3.63, 3.8) is 0 Å². The Bertz CT molecular complexity index is 639. The number of hydrogen-bond acceptors (Lipinski definition) is 3. The first-order chi connectivity index (χ1) is 12.9. The Morgan fingerprint density at radius 1 is 1.07 bits per heavy atom. The summed E-state index contributed by atoms with van der Waals surface area (Å²) in [7, 11) is 0. The Kier molecular flexibility index (Phi) is 4.95. The van der Waals surface area contributed by atoms with Gasteiger partial charge in [0, 0.05) is 18.3 Å². The number of Topliss-reactive ketones (excluding diaryl/α,β-unsaturated/α-hetero) is 1. The molecule has 3 heteroatoms. The fourth-order valence-corrected chi connectivity index (χ4v) is 8.46. The third kappa shape index (κ3) is 2.73. The van der Waals surface area contributed by atoms with E-state index in [1.165, 1.54) is 25.7 Å². The zero-order valence-corrected chi connectivity index (χ0v) is 17.4. The number of carbonyl (C=O) groups is 1. The number of aliphatic hydroxyl groups excluding tert-OH is 1. The average molecular weight is 372 g/mol. The van der Waals surface area contributed by atoms with Gasteiger partial charge < -0.3 is 5.11 Å². The molecule has 0 aromatic rings. The Hall–Kier alpha value is -0.880. The quantitative estimate of drug-likeness (QED) is 0.748. The van der Waals surface area contributed by atoms with Crippen molar-refractivity contribution in [2.75, 3.05) is 0 Å². The summed E-state index contributed by atoms with van der Waals surface area (Å²) in [6, 6.07) is 2.35. The van der Waals surface area contributed by atoms with Gasteiger partial charge >= 0.3 is 0 Å². The van der Waals surface area contributed by atoms with Crippen molar-refractivity contribution in [3.8, 4) is 6.07 Å². The molecule has 0 spiro atoms. The van der Waals surface area contributed by atoms with Crippen molar-refractivity contribution >= 4 is 5.78 Å². The summed E-state index contributed by atoms with van der Waals surface area (Å²) in [6.07, 6.45) is 10.00. The molecule has 0 radical (unpaired) electrons. The molecule has 1 N–H and O–H groups in total. The van der Waals surface area contributed by atoms with E-state index in [0.717, 1.165) is 32.1 Å². The fourth-order valence-electron chi connectivity index (χ4n) is 8.46. The molecule has 0 saturated heterocycles. The minimum Gasteiger partial charge on any atom is -0.393 e. The van der Waals surface area contributed by atoms with Crippen molar-refractivity contribution in [3.05, 3.63) is 0 Å². The zero-order valence-electron chi connectivity index (χ0n) is 17.4. The third-order valence-electron chi connectivity index (χ3n) is 9.93. The molecule has 0 aromatic heterocycles. The van der Waals surface area contributed by atoms with Gasteiger partial charge in [0.05, 0.1) is 12.2 Å². The van der Waals surface area contributed by atoms with Gasteiger partial charge in [0.25, 0.3) is 0 Å². The highest BCUT2D eigenvalue weighted by molar-refractivity contribution is 5.86. The van der Waals surface area contributed by atoms with Crippen LogP contribution in [0, 0.1) is 57.7 Å². The van der Waals surface area contributed by atoms with Gasteiger partial charge in [0.2, 0.25) is 0 Å². The summed E-state index contributed by atoms with van der Waals surface area (Å²) in [5.74, 6) is 2.94. The van der Waals surface area contributed by atoms with Crippen LogP contribution in [0.3, 0.4) is 0 Å². The molecular weight excluding hydrogens is 334 g/mol. The summed E-state index contributed by atoms with van der Waals surface area (Å²) in [5, 5.41) is 19.4. The smallest absolute Gasteiger partial charge is 0.139 e. The molecule has 3 nitrogen and oxygen atoms in total. The van der Waals surface area contributed by atoms with Crippen LogP contribution in [0.4, 0.5) is 0 Å². The molecule has 0 aliphatic heterocycles. The number of nitriles is 1. The zero-order chi connectivity index (χ0) is 19.4. The minimum absolute atomic E-state index is 0.145. The Morgan fingerprint density at radius 2 is 1.78 bits per heavy atom. The molecule has 27 heavy (non-hydrogen) atoms. The summed E-state index contributed by atoms with van der Waals surface area (Å²) in [5.41, 5.74) is 0.480. The Balaban J connectivity index is 1.68. The van der Waals surface area contributed by atoms with E-state index in [4.69, 9.17) is 5.26 Å².